The van der Waals surface area contributed by atoms with Gasteiger partial charge in [0.1, 0.15) is 37.0 Å². The van der Waals surface area contributed by atoms with E-state index in [-0.39, 0.29) is 63.1 Å². The Morgan fingerprint density at radius 2 is 1.59 bits per heavy atom. The largest absolute Gasteiger partial charge is 0.447 e. The summed E-state index contributed by atoms with van der Waals surface area (Å²) in [5.74, 6) is -10.0. The lowest BCUT2D eigenvalue weighted by Gasteiger charge is -2.26. The van der Waals surface area contributed by atoms with Crippen LogP contribution in [0.4, 0.5) is 54.5 Å². The molecule has 5 aromatic rings. The summed E-state index contributed by atoms with van der Waals surface area (Å²) in [4.78, 5) is 34.5. The van der Waals surface area contributed by atoms with Crippen LogP contribution in [0.3, 0.4) is 0 Å². The van der Waals surface area contributed by atoms with E-state index in [1.807, 2.05) is 4.90 Å². The van der Waals surface area contributed by atoms with Crippen molar-refractivity contribution in [3.05, 3.63) is 93.0 Å². The van der Waals surface area contributed by atoms with Crippen LogP contribution >= 0.6 is 11.6 Å². The fourth-order valence-corrected chi connectivity index (χ4v) is 10.3. The molecule has 2 amide bonds. The van der Waals surface area contributed by atoms with Crippen LogP contribution in [0, 0.1) is 17.6 Å². The first-order chi connectivity index (χ1) is 34.7. The van der Waals surface area contributed by atoms with Crippen LogP contribution in [0.2, 0.25) is 5.02 Å². The highest BCUT2D eigenvalue weighted by molar-refractivity contribution is 7.92. The molecule has 7 rings (SSSR count). The zero-order valence-corrected chi connectivity index (χ0v) is 42.9. The molecule has 0 unspecified atom stereocenters. The van der Waals surface area contributed by atoms with Crippen LogP contribution in [-0.4, -0.2) is 121 Å². The molecule has 1 fully saturated rings. The van der Waals surface area contributed by atoms with Crippen molar-refractivity contribution in [2.75, 3.05) is 56.3 Å². The number of aromatic nitrogens is 5. The summed E-state index contributed by atoms with van der Waals surface area (Å²) in [6.45, 7) is 1.95. The lowest BCUT2D eigenvalue weighted by Crippen LogP contribution is -2.41. The van der Waals surface area contributed by atoms with Gasteiger partial charge in [-0.15, -0.1) is 0 Å². The smallest absolute Gasteiger partial charge is 0.435 e. The standard InChI is InChI=1S/C46H49ClF10N8O8S2/c1-25-18-32-39(46(55,56)57)60-63(40(32)45(25,53)54)23-35(66)59-34(21-26-19-27(48)22-28(49)20-26)37-30(7-6-29(58-37)10-11-43(2,3)74(4,68)69)31-8-9-33(47)36-38(31)64(24-44(50,51)52)61-41(36)65(75(5,70)71)42(67)73-17-14-62-12-15-72-16-13-62/h6-9,19-20,22,25,34H,10-18,21,23-24H2,1-5H3,(H,59,66)/t25-,34+/m1/s1. The highest BCUT2D eigenvalue weighted by Gasteiger charge is 2.54. The number of morpholine rings is 1. The molecule has 2 aromatic carbocycles. The Morgan fingerprint density at radius 3 is 2.19 bits per heavy atom. The number of aryl methyl sites for hydroxylation is 1. The van der Waals surface area contributed by atoms with E-state index < -0.39 is 143 Å². The van der Waals surface area contributed by atoms with Crippen molar-refractivity contribution in [2.45, 2.75) is 88.6 Å². The normalized spacial score (nSPS) is 17.0. The molecular weight excluding hydrogens is 1080 g/mol. The van der Waals surface area contributed by atoms with Gasteiger partial charge >= 0.3 is 18.4 Å². The molecule has 1 aliphatic carbocycles. The molecular formula is C46H49ClF10N8O8S2. The molecule has 0 radical (unpaired) electrons. The predicted molar refractivity (Wildman–Crippen MR) is 252 cm³/mol. The summed E-state index contributed by atoms with van der Waals surface area (Å²) >= 11 is 6.69. The molecule has 0 bridgehead atoms. The Kier molecular flexibility index (Phi) is 16.1. The van der Waals surface area contributed by atoms with Gasteiger partial charge in [0.05, 0.1) is 51.9 Å². The van der Waals surface area contributed by atoms with Crippen molar-refractivity contribution in [1.29, 1.82) is 0 Å². The van der Waals surface area contributed by atoms with Crippen molar-refractivity contribution < 1.29 is 79.8 Å². The van der Waals surface area contributed by atoms with Gasteiger partial charge in [-0.25, -0.2) is 30.4 Å². The van der Waals surface area contributed by atoms with Gasteiger partial charge < -0.3 is 14.8 Å². The van der Waals surface area contributed by atoms with E-state index >= 15 is 8.78 Å². The molecule has 3 aromatic heterocycles. The predicted octanol–water partition coefficient (Wildman–Crippen LogP) is 8.18. The zero-order chi connectivity index (χ0) is 55.4. The maximum atomic E-state index is 15.6. The molecule has 4 heterocycles. The Labute approximate surface area is 428 Å². The molecule has 2 aliphatic rings. The fraction of sp³-hybridized carbons (Fsp3) is 0.500. The second kappa shape index (κ2) is 21.1. The highest BCUT2D eigenvalue weighted by atomic mass is 35.5. The van der Waals surface area contributed by atoms with Crippen LogP contribution in [0.25, 0.3) is 22.0 Å². The van der Waals surface area contributed by atoms with Crippen molar-refractivity contribution >= 4 is 60.2 Å². The van der Waals surface area contributed by atoms with Gasteiger partial charge in [0.2, 0.25) is 15.9 Å². The average Bonchev–Trinajstić information content (AvgIpc) is 3.90. The number of sulfone groups is 1. The van der Waals surface area contributed by atoms with Gasteiger partial charge in [0.15, 0.2) is 21.3 Å². The second-order valence-electron chi connectivity index (χ2n) is 18.9. The summed E-state index contributed by atoms with van der Waals surface area (Å²) in [5.41, 5.74) is -5.35. The van der Waals surface area contributed by atoms with E-state index in [0.29, 0.717) is 43.3 Å². The minimum atomic E-state index is -5.23. The number of alkyl halides is 8. The Morgan fingerprint density at radius 1 is 0.947 bits per heavy atom. The number of amides is 2. The van der Waals surface area contributed by atoms with Crippen LogP contribution in [0.5, 0.6) is 0 Å². The number of hydrogen-bond donors (Lipinski definition) is 1. The van der Waals surface area contributed by atoms with Crippen molar-refractivity contribution in [3.63, 3.8) is 0 Å². The van der Waals surface area contributed by atoms with Gasteiger partial charge in [0, 0.05) is 60.3 Å². The molecule has 1 aliphatic heterocycles. The molecule has 2 atom stereocenters. The van der Waals surface area contributed by atoms with Gasteiger partial charge in [-0.3, -0.25) is 24.0 Å². The number of sulfonamides is 1. The zero-order valence-electron chi connectivity index (χ0n) is 40.6. The van der Waals surface area contributed by atoms with Gasteiger partial charge in [-0.05, 0) is 69.4 Å². The van der Waals surface area contributed by atoms with Crippen molar-refractivity contribution in [2.24, 2.45) is 5.92 Å². The minimum absolute atomic E-state index is 0.0189. The summed E-state index contributed by atoms with van der Waals surface area (Å²) < 4.78 is 210. The Bertz CT molecular complexity index is 3220. The molecule has 1 N–H and O–H groups in total. The number of halogens is 11. The first-order valence-electron chi connectivity index (χ1n) is 22.9. The lowest BCUT2D eigenvalue weighted by molar-refractivity contribution is -0.143. The molecule has 0 saturated carbocycles. The topological polar surface area (TPSA) is 188 Å². The monoisotopic (exact) mass is 1130 g/mol. The number of benzene rings is 2. The Hall–Kier alpha value is -5.58. The maximum Gasteiger partial charge on any atom is 0.435 e. The number of nitrogens with one attached hydrogen (secondary N) is 1. The third-order valence-corrected chi connectivity index (χ3v) is 16.4. The van der Waals surface area contributed by atoms with Gasteiger partial charge in [-0.2, -0.15) is 49.6 Å². The number of ether oxygens (including phenoxy) is 2. The van der Waals surface area contributed by atoms with E-state index in [2.05, 4.69) is 15.5 Å². The third-order valence-electron chi connectivity index (χ3n) is 12.9. The summed E-state index contributed by atoms with van der Waals surface area (Å²) in [7, 11) is -8.55. The molecule has 1 saturated heterocycles. The SMILES string of the molecule is C[C@@H]1Cc2c(C(F)(F)F)nn(CC(=O)N[C@@H](Cc3cc(F)cc(F)c3)c3nc(CCC(C)(C)S(C)(=O)=O)ccc3-c3ccc(Cl)c4c(N(C(=O)OCCN5CCOCC5)S(C)(=O)=O)nn(CC(F)(F)F)c34)c2C1(F)F. The van der Waals surface area contributed by atoms with Crippen LogP contribution < -0.4 is 9.62 Å². The molecule has 0 spiro atoms. The third kappa shape index (κ3) is 12.7. The first kappa shape index (κ1) is 57.1. The fourth-order valence-electron chi connectivity index (χ4n) is 8.83. The average molecular weight is 1130 g/mol. The van der Waals surface area contributed by atoms with Crippen molar-refractivity contribution in [3.8, 4) is 11.1 Å². The quantitative estimate of drug-likeness (QED) is 0.0882. The van der Waals surface area contributed by atoms with E-state index in [1.165, 1.54) is 26.0 Å². The molecule has 410 valence electrons. The number of fused-ring (bicyclic) bond motifs is 2. The number of carbonyl (C=O) groups is 2. The molecule has 29 heteroatoms. The number of nitrogens with zero attached hydrogens (tertiary/aromatic N) is 7. The van der Waals surface area contributed by atoms with Crippen LogP contribution in [-0.2, 0) is 78.6 Å². The van der Waals surface area contributed by atoms with E-state index in [1.54, 1.807) is 0 Å². The number of pyridine rings is 1. The van der Waals surface area contributed by atoms with Crippen molar-refractivity contribution in [1.82, 2.24) is 34.8 Å². The first-order valence-corrected chi connectivity index (χ1v) is 27.0. The Balaban J connectivity index is 1.43. The number of anilines is 1. The minimum Gasteiger partial charge on any atom is -0.447 e. The van der Waals surface area contributed by atoms with E-state index in [4.69, 9.17) is 26.1 Å². The van der Waals surface area contributed by atoms with E-state index in [9.17, 15) is 61.5 Å². The number of carbonyl (C=O) groups excluding carboxylic acids is 2. The highest BCUT2D eigenvalue weighted by Crippen LogP contribution is 2.50. The van der Waals surface area contributed by atoms with Crippen LogP contribution in [0.1, 0.15) is 67.1 Å². The van der Waals surface area contributed by atoms with Gasteiger partial charge in [0.25, 0.3) is 5.92 Å². The summed E-state index contributed by atoms with van der Waals surface area (Å²) in [6, 6.07) is 5.28. The lowest BCUT2D eigenvalue weighted by atomic mass is 9.93. The maximum absolute atomic E-state index is 15.6. The molecule has 75 heavy (non-hydrogen) atoms. The summed E-state index contributed by atoms with van der Waals surface area (Å²) in [5, 5.41) is 8.80. The van der Waals surface area contributed by atoms with Crippen LogP contribution in [0.15, 0.2) is 42.5 Å². The summed E-state index contributed by atoms with van der Waals surface area (Å²) in [6.07, 6.45) is -12.1. The number of hydrogen-bond acceptors (Lipinski definition) is 12. The molecule has 16 nitrogen and oxygen atoms in total. The second-order valence-corrected chi connectivity index (χ2v) is 23.8. The number of rotatable bonds is 17. The van der Waals surface area contributed by atoms with E-state index in [0.717, 1.165) is 37.4 Å². The van der Waals surface area contributed by atoms with Gasteiger partial charge in [-0.1, -0.05) is 30.7 Å².